The van der Waals surface area contributed by atoms with Crippen LogP contribution in [0.1, 0.15) is 5.56 Å². The molecule has 0 radical (unpaired) electrons. The van der Waals surface area contributed by atoms with E-state index >= 15 is 0 Å². The molecular weight excluding hydrogens is 276 g/mol. The highest BCUT2D eigenvalue weighted by Gasteiger charge is 2.18. The Morgan fingerprint density at radius 1 is 1.25 bits per heavy atom. The lowest BCUT2D eigenvalue weighted by atomic mass is 10.2. The normalized spacial score (nSPS) is 10.3. The summed E-state index contributed by atoms with van der Waals surface area (Å²) in [5.74, 6) is 0.310. The van der Waals surface area contributed by atoms with E-state index in [0.29, 0.717) is 16.3 Å². The Kier molecular flexibility index (Phi) is 4.14. The van der Waals surface area contributed by atoms with Gasteiger partial charge in [-0.2, -0.15) is 0 Å². The van der Waals surface area contributed by atoms with Crippen LogP contribution in [0.25, 0.3) is 0 Å². The smallest absolute Gasteiger partial charge is 0.287 e. The van der Waals surface area contributed by atoms with E-state index in [1.54, 1.807) is 6.07 Å². The number of aryl methyl sites for hydroxylation is 1. The van der Waals surface area contributed by atoms with Crippen molar-refractivity contribution in [2.45, 2.75) is 16.7 Å². The zero-order valence-corrected chi connectivity index (χ0v) is 11.9. The second-order valence-electron chi connectivity index (χ2n) is 4.23. The van der Waals surface area contributed by atoms with Gasteiger partial charge < -0.3 is 10.5 Å². The number of nitro benzene ring substituents is 1. The number of benzene rings is 2. The van der Waals surface area contributed by atoms with Crippen molar-refractivity contribution in [3.8, 4) is 5.75 Å². The number of rotatable bonds is 4. The summed E-state index contributed by atoms with van der Waals surface area (Å²) in [5.41, 5.74) is 7.32. The van der Waals surface area contributed by atoms with Gasteiger partial charge in [-0.15, -0.1) is 0 Å². The lowest BCUT2D eigenvalue weighted by molar-refractivity contribution is -0.387. The SMILES string of the molecule is COc1cc([N+](=O)[O-])c(Sc2ccc(C)cc2)cc1N. The Morgan fingerprint density at radius 2 is 1.90 bits per heavy atom. The molecule has 0 aliphatic heterocycles. The van der Waals surface area contributed by atoms with E-state index in [9.17, 15) is 10.1 Å². The Bertz CT molecular complexity index is 642. The molecule has 20 heavy (non-hydrogen) atoms. The molecular formula is C14H14N2O3S. The van der Waals surface area contributed by atoms with Gasteiger partial charge in [0, 0.05) is 4.90 Å². The molecule has 2 aromatic rings. The summed E-state index contributed by atoms with van der Waals surface area (Å²) < 4.78 is 5.02. The quantitative estimate of drug-likeness (QED) is 0.528. The Balaban J connectivity index is 2.42. The zero-order chi connectivity index (χ0) is 14.7. The number of ether oxygens (including phenoxy) is 1. The maximum Gasteiger partial charge on any atom is 0.287 e. The fourth-order valence-electron chi connectivity index (χ4n) is 1.70. The molecule has 2 rings (SSSR count). The predicted octanol–water partition coefficient (Wildman–Crippen LogP) is 3.65. The van der Waals surface area contributed by atoms with Gasteiger partial charge in [0.2, 0.25) is 0 Å². The highest BCUT2D eigenvalue weighted by Crippen LogP contribution is 2.39. The van der Waals surface area contributed by atoms with E-state index in [-0.39, 0.29) is 5.69 Å². The lowest BCUT2D eigenvalue weighted by Crippen LogP contribution is -1.97. The summed E-state index contributed by atoms with van der Waals surface area (Å²) in [6, 6.07) is 10.7. The van der Waals surface area contributed by atoms with Gasteiger partial charge in [0.15, 0.2) is 0 Å². The average molecular weight is 290 g/mol. The van der Waals surface area contributed by atoms with Crippen LogP contribution < -0.4 is 10.5 Å². The summed E-state index contributed by atoms with van der Waals surface area (Å²) in [5, 5.41) is 11.1. The summed E-state index contributed by atoms with van der Waals surface area (Å²) in [4.78, 5) is 12.1. The van der Waals surface area contributed by atoms with Crippen LogP contribution in [0.3, 0.4) is 0 Å². The fraction of sp³-hybridized carbons (Fsp3) is 0.143. The Morgan fingerprint density at radius 3 is 2.45 bits per heavy atom. The first-order valence-electron chi connectivity index (χ1n) is 5.87. The van der Waals surface area contributed by atoms with Gasteiger partial charge in [-0.25, -0.2) is 0 Å². The number of hydrogen-bond acceptors (Lipinski definition) is 5. The lowest BCUT2D eigenvalue weighted by Gasteiger charge is -2.08. The number of nitrogen functional groups attached to an aromatic ring is 1. The van der Waals surface area contributed by atoms with Gasteiger partial charge in [0.1, 0.15) is 5.75 Å². The highest BCUT2D eigenvalue weighted by molar-refractivity contribution is 7.99. The molecule has 0 heterocycles. The van der Waals surface area contributed by atoms with Crippen molar-refractivity contribution in [2.75, 3.05) is 12.8 Å². The Hall–Kier alpha value is -2.21. The van der Waals surface area contributed by atoms with E-state index in [4.69, 9.17) is 10.5 Å². The van der Waals surface area contributed by atoms with Crippen LogP contribution in [0.5, 0.6) is 5.75 Å². The van der Waals surface area contributed by atoms with Crippen molar-refractivity contribution in [3.05, 3.63) is 52.1 Å². The Labute approximate surface area is 120 Å². The maximum atomic E-state index is 11.1. The van der Waals surface area contributed by atoms with Gasteiger partial charge in [-0.05, 0) is 25.1 Å². The molecule has 0 aromatic heterocycles. The average Bonchev–Trinajstić information content (AvgIpc) is 2.41. The van der Waals surface area contributed by atoms with E-state index in [1.807, 2.05) is 31.2 Å². The molecule has 0 saturated heterocycles. The van der Waals surface area contributed by atoms with Crippen molar-refractivity contribution in [1.29, 1.82) is 0 Å². The first-order chi connectivity index (χ1) is 9.51. The van der Waals surface area contributed by atoms with E-state index in [2.05, 4.69) is 0 Å². The zero-order valence-electron chi connectivity index (χ0n) is 11.1. The molecule has 0 unspecified atom stereocenters. The molecule has 0 aliphatic rings. The first-order valence-corrected chi connectivity index (χ1v) is 6.69. The van der Waals surface area contributed by atoms with Crippen LogP contribution >= 0.6 is 11.8 Å². The summed E-state index contributed by atoms with van der Waals surface area (Å²) in [7, 11) is 1.43. The number of nitrogens with two attached hydrogens (primary N) is 1. The molecule has 0 atom stereocenters. The van der Waals surface area contributed by atoms with Crippen LogP contribution in [0.2, 0.25) is 0 Å². The topological polar surface area (TPSA) is 78.4 Å². The predicted molar refractivity (Wildman–Crippen MR) is 79.4 cm³/mol. The molecule has 2 aromatic carbocycles. The van der Waals surface area contributed by atoms with Gasteiger partial charge in [-0.1, -0.05) is 29.5 Å². The van der Waals surface area contributed by atoms with Crippen molar-refractivity contribution in [3.63, 3.8) is 0 Å². The van der Waals surface area contributed by atoms with Crippen LogP contribution in [-0.4, -0.2) is 12.0 Å². The number of nitro groups is 1. The second kappa shape index (κ2) is 5.83. The van der Waals surface area contributed by atoms with E-state index < -0.39 is 4.92 Å². The number of hydrogen-bond donors (Lipinski definition) is 1. The third-order valence-corrected chi connectivity index (χ3v) is 3.81. The maximum absolute atomic E-state index is 11.1. The van der Waals surface area contributed by atoms with Crippen molar-refractivity contribution >= 4 is 23.1 Å². The molecule has 6 heteroatoms. The molecule has 104 valence electrons. The van der Waals surface area contributed by atoms with E-state index in [1.165, 1.54) is 24.9 Å². The first kappa shape index (κ1) is 14.2. The molecule has 0 aliphatic carbocycles. The van der Waals surface area contributed by atoms with Crippen LogP contribution in [0, 0.1) is 17.0 Å². The summed E-state index contributed by atoms with van der Waals surface area (Å²) >= 11 is 1.31. The van der Waals surface area contributed by atoms with Crippen molar-refractivity contribution in [1.82, 2.24) is 0 Å². The highest BCUT2D eigenvalue weighted by atomic mass is 32.2. The summed E-state index contributed by atoms with van der Waals surface area (Å²) in [6.45, 7) is 1.99. The minimum absolute atomic E-state index is 0.0124. The number of anilines is 1. The minimum atomic E-state index is -0.432. The van der Waals surface area contributed by atoms with Crippen LogP contribution in [-0.2, 0) is 0 Å². The third-order valence-electron chi connectivity index (χ3n) is 2.76. The van der Waals surface area contributed by atoms with Crippen molar-refractivity contribution < 1.29 is 9.66 Å². The molecule has 0 saturated carbocycles. The van der Waals surface area contributed by atoms with Crippen molar-refractivity contribution in [2.24, 2.45) is 0 Å². The van der Waals surface area contributed by atoms with Gasteiger partial charge in [-0.3, -0.25) is 10.1 Å². The molecule has 0 amide bonds. The molecule has 0 fully saturated rings. The summed E-state index contributed by atoms with van der Waals surface area (Å²) in [6.07, 6.45) is 0. The third kappa shape index (κ3) is 3.03. The number of nitrogens with zero attached hydrogens (tertiary/aromatic N) is 1. The van der Waals surface area contributed by atoms with Crippen LogP contribution in [0.15, 0.2) is 46.2 Å². The second-order valence-corrected chi connectivity index (χ2v) is 5.35. The van der Waals surface area contributed by atoms with Gasteiger partial charge in [0.05, 0.1) is 28.7 Å². The molecule has 0 bridgehead atoms. The standard InChI is InChI=1S/C14H14N2O3S/c1-9-3-5-10(6-4-9)20-14-7-11(15)13(19-2)8-12(14)16(17)18/h3-8H,15H2,1-2H3. The van der Waals surface area contributed by atoms with Gasteiger partial charge in [0.25, 0.3) is 5.69 Å². The molecule has 0 spiro atoms. The van der Waals surface area contributed by atoms with Gasteiger partial charge >= 0.3 is 0 Å². The largest absolute Gasteiger partial charge is 0.494 e. The monoisotopic (exact) mass is 290 g/mol. The molecule has 2 N–H and O–H groups in total. The van der Waals surface area contributed by atoms with E-state index in [0.717, 1.165) is 10.5 Å². The fourth-order valence-corrected chi connectivity index (χ4v) is 2.65. The van der Waals surface area contributed by atoms with Crippen LogP contribution in [0.4, 0.5) is 11.4 Å². The number of methoxy groups -OCH3 is 1. The minimum Gasteiger partial charge on any atom is -0.494 e. The molecule has 5 nitrogen and oxygen atoms in total.